The van der Waals surface area contributed by atoms with Crippen molar-refractivity contribution in [3.05, 3.63) is 65.7 Å². The highest BCUT2D eigenvalue weighted by atomic mass is 16.3. The largest absolute Gasteiger partial charge is 0.395 e. The van der Waals surface area contributed by atoms with Gasteiger partial charge < -0.3 is 15.3 Å². The van der Waals surface area contributed by atoms with Crippen molar-refractivity contribution >= 4 is 11.6 Å². The van der Waals surface area contributed by atoms with Gasteiger partial charge in [0.2, 0.25) is 0 Å². The first kappa shape index (κ1) is 18.0. The maximum absolute atomic E-state index is 12.2. The molecule has 4 heteroatoms. The highest BCUT2D eigenvalue weighted by molar-refractivity contribution is 5.94. The lowest BCUT2D eigenvalue weighted by Gasteiger charge is -2.24. The van der Waals surface area contributed by atoms with Gasteiger partial charge >= 0.3 is 0 Å². The molecule has 0 aliphatic rings. The molecule has 0 aromatic heterocycles. The zero-order valence-electron chi connectivity index (χ0n) is 14.4. The Morgan fingerprint density at radius 2 is 1.88 bits per heavy atom. The summed E-state index contributed by atoms with van der Waals surface area (Å²) in [5, 5.41) is 12.3. The molecule has 0 saturated heterocycles. The number of nitrogens with zero attached hydrogens (tertiary/aromatic N) is 1. The number of carbonyl (C=O) groups is 1. The van der Waals surface area contributed by atoms with Crippen LogP contribution in [-0.2, 0) is 6.54 Å². The number of amides is 1. The third kappa shape index (κ3) is 5.39. The number of hydrogen-bond donors (Lipinski definition) is 2. The summed E-state index contributed by atoms with van der Waals surface area (Å²) in [5.41, 5.74) is 2.77. The molecular formula is C20H26N2O2. The van der Waals surface area contributed by atoms with Gasteiger partial charge in [-0.2, -0.15) is 0 Å². The number of hydrogen-bond acceptors (Lipinski definition) is 3. The summed E-state index contributed by atoms with van der Waals surface area (Å²) in [6.07, 6.45) is 0. The molecule has 0 fully saturated rings. The third-order valence-electron chi connectivity index (χ3n) is 3.72. The summed E-state index contributed by atoms with van der Waals surface area (Å²) < 4.78 is 0. The van der Waals surface area contributed by atoms with Gasteiger partial charge in [-0.1, -0.05) is 44.2 Å². The van der Waals surface area contributed by atoms with Crippen molar-refractivity contribution in [2.24, 2.45) is 5.92 Å². The van der Waals surface area contributed by atoms with E-state index in [2.05, 4.69) is 24.1 Å². The van der Waals surface area contributed by atoms with Crippen LogP contribution in [0.1, 0.15) is 29.8 Å². The molecule has 24 heavy (non-hydrogen) atoms. The van der Waals surface area contributed by atoms with E-state index < -0.39 is 0 Å². The van der Waals surface area contributed by atoms with E-state index in [0.717, 1.165) is 11.3 Å². The molecule has 0 atom stereocenters. The Kier molecular flexibility index (Phi) is 6.82. The Labute approximate surface area is 144 Å². The van der Waals surface area contributed by atoms with Crippen molar-refractivity contribution in [2.75, 3.05) is 24.6 Å². The fraction of sp³-hybridized carbons (Fsp3) is 0.350. The van der Waals surface area contributed by atoms with Crippen molar-refractivity contribution in [3.8, 4) is 0 Å². The highest BCUT2D eigenvalue weighted by Gasteiger charge is 2.10. The molecule has 0 heterocycles. The average Bonchev–Trinajstić information content (AvgIpc) is 2.60. The Morgan fingerprint density at radius 3 is 2.54 bits per heavy atom. The lowest BCUT2D eigenvalue weighted by Crippen LogP contribution is -2.28. The standard InChI is InChI=1S/C20H26N2O2/c1-16(2)14-21-20(24)18-8-6-7-17(13-18)15-22(11-12-23)19-9-4-3-5-10-19/h3-10,13,16,23H,11-12,14-15H2,1-2H3,(H,21,24). The average molecular weight is 326 g/mol. The minimum absolute atomic E-state index is 0.0426. The molecule has 0 aliphatic carbocycles. The van der Waals surface area contributed by atoms with E-state index in [9.17, 15) is 9.90 Å². The number of carbonyl (C=O) groups excluding carboxylic acids is 1. The van der Waals surface area contributed by atoms with Gasteiger partial charge in [0.1, 0.15) is 0 Å². The van der Waals surface area contributed by atoms with Gasteiger partial charge in [-0.3, -0.25) is 4.79 Å². The number of aliphatic hydroxyl groups excluding tert-OH is 1. The van der Waals surface area contributed by atoms with Crippen LogP contribution in [-0.4, -0.2) is 30.7 Å². The van der Waals surface area contributed by atoms with Crippen LogP contribution < -0.4 is 10.2 Å². The molecule has 128 valence electrons. The van der Waals surface area contributed by atoms with Crippen molar-refractivity contribution in [2.45, 2.75) is 20.4 Å². The topological polar surface area (TPSA) is 52.6 Å². The smallest absolute Gasteiger partial charge is 0.251 e. The molecule has 0 radical (unpaired) electrons. The van der Waals surface area contributed by atoms with E-state index in [-0.39, 0.29) is 12.5 Å². The van der Waals surface area contributed by atoms with Gasteiger partial charge in [-0.15, -0.1) is 0 Å². The summed E-state index contributed by atoms with van der Waals surface area (Å²) in [6.45, 7) is 6.10. The van der Waals surface area contributed by atoms with Crippen LogP contribution >= 0.6 is 0 Å². The predicted octanol–water partition coefficient (Wildman–Crippen LogP) is 3.07. The Morgan fingerprint density at radius 1 is 1.12 bits per heavy atom. The van der Waals surface area contributed by atoms with Crippen molar-refractivity contribution in [3.63, 3.8) is 0 Å². The van der Waals surface area contributed by atoms with Crippen molar-refractivity contribution in [1.82, 2.24) is 5.32 Å². The lowest BCUT2D eigenvalue weighted by molar-refractivity contribution is 0.0949. The van der Waals surface area contributed by atoms with Crippen molar-refractivity contribution in [1.29, 1.82) is 0 Å². The molecule has 0 unspecified atom stereocenters. The second-order valence-corrected chi connectivity index (χ2v) is 6.28. The number of nitrogens with one attached hydrogen (secondary N) is 1. The van der Waals surface area contributed by atoms with Crippen LogP contribution in [0.4, 0.5) is 5.69 Å². The summed E-state index contributed by atoms with van der Waals surface area (Å²) in [6, 6.07) is 17.6. The van der Waals surface area contributed by atoms with E-state index in [4.69, 9.17) is 0 Å². The number of aliphatic hydroxyl groups is 1. The van der Waals surface area contributed by atoms with Gasteiger partial charge in [0.25, 0.3) is 5.91 Å². The fourth-order valence-corrected chi connectivity index (χ4v) is 2.49. The Bertz CT molecular complexity index is 641. The summed E-state index contributed by atoms with van der Waals surface area (Å²) in [7, 11) is 0. The molecule has 0 bridgehead atoms. The SMILES string of the molecule is CC(C)CNC(=O)c1cccc(CN(CCO)c2ccccc2)c1. The first-order valence-corrected chi connectivity index (χ1v) is 8.38. The summed E-state index contributed by atoms with van der Waals surface area (Å²) in [4.78, 5) is 14.3. The van der Waals surface area contributed by atoms with E-state index >= 15 is 0 Å². The van der Waals surface area contributed by atoms with Crippen LogP contribution in [0.3, 0.4) is 0 Å². The molecule has 2 aromatic rings. The normalized spacial score (nSPS) is 10.7. The second-order valence-electron chi connectivity index (χ2n) is 6.28. The van der Waals surface area contributed by atoms with E-state index in [1.54, 1.807) is 0 Å². The maximum atomic E-state index is 12.2. The quantitative estimate of drug-likeness (QED) is 0.784. The van der Waals surface area contributed by atoms with Gasteiger partial charge in [0.15, 0.2) is 0 Å². The number of anilines is 1. The molecule has 0 aliphatic heterocycles. The Balaban J connectivity index is 2.10. The van der Waals surface area contributed by atoms with E-state index in [1.165, 1.54) is 0 Å². The molecule has 0 spiro atoms. The number of rotatable bonds is 8. The minimum Gasteiger partial charge on any atom is -0.395 e. The molecule has 0 saturated carbocycles. The Hall–Kier alpha value is -2.33. The second kappa shape index (κ2) is 9.08. The van der Waals surface area contributed by atoms with Crippen LogP contribution in [0.25, 0.3) is 0 Å². The minimum atomic E-state index is -0.0426. The number of para-hydroxylation sites is 1. The monoisotopic (exact) mass is 326 g/mol. The molecule has 2 aromatic carbocycles. The predicted molar refractivity (Wildman–Crippen MR) is 98.2 cm³/mol. The van der Waals surface area contributed by atoms with Gasteiger partial charge in [-0.25, -0.2) is 0 Å². The van der Waals surface area contributed by atoms with Crippen LogP contribution in [0.2, 0.25) is 0 Å². The highest BCUT2D eigenvalue weighted by Crippen LogP contribution is 2.17. The zero-order chi connectivity index (χ0) is 17.4. The molecule has 2 N–H and O–H groups in total. The molecule has 1 amide bonds. The van der Waals surface area contributed by atoms with E-state index in [0.29, 0.717) is 31.1 Å². The first-order chi connectivity index (χ1) is 11.6. The zero-order valence-corrected chi connectivity index (χ0v) is 14.4. The van der Waals surface area contributed by atoms with E-state index in [1.807, 2.05) is 54.6 Å². The fourth-order valence-electron chi connectivity index (χ4n) is 2.49. The van der Waals surface area contributed by atoms with Gasteiger partial charge in [0, 0.05) is 30.9 Å². The van der Waals surface area contributed by atoms with Gasteiger partial charge in [0.05, 0.1) is 6.61 Å². The first-order valence-electron chi connectivity index (χ1n) is 8.38. The van der Waals surface area contributed by atoms with Crippen LogP contribution in [0.15, 0.2) is 54.6 Å². The number of benzene rings is 2. The summed E-state index contributed by atoms with van der Waals surface area (Å²) >= 11 is 0. The third-order valence-corrected chi connectivity index (χ3v) is 3.72. The molecule has 4 nitrogen and oxygen atoms in total. The molecular weight excluding hydrogens is 300 g/mol. The van der Waals surface area contributed by atoms with Crippen molar-refractivity contribution < 1.29 is 9.90 Å². The molecule has 2 rings (SSSR count). The maximum Gasteiger partial charge on any atom is 0.251 e. The van der Waals surface area contributed by atoms with Crippen LogP contribution in [0, 0.1) is 5.92 Å². The van der Waals surface area contributed by atoms with Crippen LogP contribution in [0.5, 0.6) is 0 Å². The van der Waals surface area contributed by atoms with Gasteiger partial charge in [-0.05, 0) is 35.7 Å². The summed E-state index contributed by atoms with van der Waals surface area (Å²) in [5.74, 6) is 0.384. The lowest BCUT2D eigenvalue weighted by atomic mass is 10.1.